The Hall–Kier alpha value is -2.21. The van der Waals surface area contributed by atoms with Crippen molar-refractivity contribution < 1.29 is 9.90 Å². The minimum atomic E-state index is -0.935. The first-order chi connectivity index (χ1) is 13.3. The molecule has 1 fully saturated rings. The van der Waals surface area contributed by atoms with E-state index in [1.165, 1.54) is 30.4 Å². The number of aromatic carboxylic acids is 1. The molecule has 0 bridgehead atoms. The van der Waals surface area contributed by atoms with Crippen molar-refractivity contribution in [3.63, 3.8) is 0 Å². The van der Waals surface area contributed by atoms with Crippen molar-refractivity contribution in [2.75, 3.05) is 22.7 Å². The molecule has 150 valence electrons. The molecule has 2 aromatic rings. The van der Waals surface area contributed by atoms with E-state index < -0.39 is 5.97 Å². The largest absolute Gasteiger partial charge is 0.478 e. The van der Waals surface area contributed by atoms with E-state index in [0.29, 0.717) is 11.5 Å². The molecule has 0 atom stereocenters. The van der Waals surface area contributed by atoms with Gasteiger partial charge < -0.3 is 14.7 Å². The number of carboxylic acids is 1. The molecule has 2 N–H and O–H groups in total. The molecular formula is C22H29N3O2S. The lowest BCUT2D eigenvalue weighted by molar-refractivity contribution is 0.0697. The molecule has 2 heterocycles. The number of benzene rings is 1. The molecule has 0 amide bonds. The molecule has 5 nitrogen and oxygen atoms in total. The van der Waals surface area contributed by atoms with E-state index in [0.717, 1.165) is 30.8 Å². The number of anilines is 2. The van der Waals surface area contributed by atoms with E-state index in [1.54, 1.807) is 12.3 Å². The van der Waals surface area contributed by atoms with Crippen molar-refractivity contribution in [1.29, 1.82) is 0 Å². The molecule has 1 aliphatic heterocycles. The number of rotatable bonds is 5. The Morgan fingerprint density at radius 2 is 1.75 bits per heavy atom. The fraction of sp³-hybridized carbons (Fsp3) is 0.455. The molecule has 6 heteroatoms. The van der Waals surface area contributed by atoms with Gasteiger partial charge in [-0.3, -0.25) is 0 Å². The van der Waals surface area contributed by atoms with Crippen LogP contribution < -0.4 is 9.62 Å². The van der Waals surface area contributed by atoms with E-state index in [1.807, 2.05) is 0 Å². The maximum atomic E-state index is 11.8. The Morgan fingerprint density at radius 1 is 1.11 bits per heavy atom. The molecule has 28 heavy (non-hydrogen) atoms. The predicted octanol–water partition coefficient (Wildman–Crippen LogP) is 5.58. The van der Waals surface area contributed by atoms with Crippen LogP contribution in [0.3, 0.4) is 0 Å². The van der Waals surface area contributed by atoms with E-state index >= 15 is 0 Å². The smallest absolute Gasteiger partial charge is 0.339 e. The summed E-state index contributed by atoms with van der Waals surface area (Å²) < 4.78 is 3.23. The quantitative estimate of drug-likeness (QED) is 0.640. The van der Waals surface area contributed by atoms with Gasteiger partial charge in [-0.25, -0.2) is 9.78 Å². The summed E-state index contributed by atoms with van der Waals surface area (Å²) >= 11 is 1.46. The van der Waals surface area contributed by atoms with Gasteiger partial charge in [0.15, 0.2) is 0 Å². The Balaban J connectivity index is 1.72. The highest BCUT2D eigenvalue weighted by Gasteiger charge is 2.20. The Bertz CT molecular complexity index is 808. The van der Waals surface area contributed by atoms with Crippen molar-refractivity contribution in [2.45, 2.75) is 56.8 Å². The zero-order valence-electron chi connectivity index (χ0n) is 16.9. The van der Waals surface area contributed by atoms with Gasteiger partial charge in [-0.15, -0.1) is 0 Å². The van der Waals surface area contributed by atoms with Crippen LogP contribution in [0.5, 0.6) is 0 Å². The zero-order valence-corrected chi connectivity index (χ0v) is 17.7. The first-order valence-corrected chi connectivity index (χ1v) is 10.7. The molecule has 1 saturated heterocycles. The summed E-state index contributed by atoms with van der Waals surface area (Å²) in [6.45, 7) is 8.32. The number of carboxylic acid groups (broad SMARTS) is 1. The van der Waals surface area contributed by atoms with Crippen LogP contribution in [0.15, 0.2) is 41.4 Å². The topological polar surface area (TPSA) is 65.5 Å². The number of hydrogen-bond donors (Lipinski definition) is 2. The van der Waals surface area contributed by atoms with E-state index in [4.69, 9.17) is 0 Å². The standard InChI is InChI=1S/C22H29N3O2S/c1-22(2,3)16-8-10-18(11-9-16)28-24-17-14-19(21(26)27)20(23-15-17)25-12-6-4-5-7-13-25/h8-11,14-15,24H,4-7,12-13H2,1-3H3,(H,26,27). The zero-order chi connectivity index (χ0) is 20.1. The van der Waals surface area contributed by atoms with Crippen molar-refractivity contribution >= 4 is 29.4 Å². The van der Waals surface area contributed by atoms with Gasteiger partial charge in [0.1, 0.15) is 11.4 Å². The average molecular weight is 400 g/mol. The molecule has 3 rings (SSSR count). The number of pyridine rings is 1. The minimum absolute atomic E-state index is 0.125. The molecule has 0 radical (unpaired) electrons. The Labute approximate surface area is 171 Å². The third kappa shape index (κ3) is 5.19. The van der Waals surface area contributed by atoms with Gasteiger partial charge in [-0.1, -0.05) is 45.7 Å². The van der Waals surface area contributed by atoms with Crippen LogP contribution in [0, 0.1) is 0 Å². The lowest BCUT2D eigenvalue weighted by Crippen LogP contribution is -2.27. The van der Waals surface area contributed by atoms with Crippen LogP contribution in [0.2, 0.25) is 0 Å². The summed E-state index contributed by atoms with van der Waals surface area (Å²) in [7, 11) is 0. The highest BCUT2D eigenvalue weighted by Crippen LogP contribution is 2.29. The summed E-state index contributed by atoms with van der Waals surface area (Å²) in [6.07, 6.45) is 6.29. The average Bonchev–Trinajstić information content (AvgIpc) is 2.95. The maximum Gasteiger partial charge on any atom is 0.339 e. The third-order valence-corrected chi connectivity index (χ3v) is 5.86. The number of aromatic nitrogens is 1. The van der Waals surface area contributed by atoms with Crippen LogP contribution in [0.4, 0.5) is 11.5 Å². The van der Waals surface area contributed by atoms with E-state index in [9.17, 15) is 9.90 Å². The van der Waals surface area contributed by atoms with Crippen LogP contribution in [-0.4, -0.2) is 29.1 Å². The molecule has 0 saturated carbocycles. The van der Waals surface area contributed by atoms with Gasteiger partial charge in [0.05, 0.1) is 11.9 Å². The number of nitrogens with one attached hydrogen (secondary N) is 1. The third-order valence-electron chi connectivity index (χ3n) is 5.01. The molecule has 0 unspecified atom stereocenters. The summed E-state index contributed by atoms with van der Waals surface area (Å²) in [5.41, 5.74) is 2.37. The van der Waals surface area contributed by atoms with E-state index in [-0.39, 0.29) is 11.0 Å². The highest BCUT2D eigenvalue weighted by atomic mass is 32.2. The second-order valence-corrected chi connectivity index (χ2v) is 9.16. The van der Waals surface area contributed by atoms with Crippen molar-refractivity contribution in [3.8, 4) is 0 Å². The monoisotopic (exact) mass is 399 g/mol. The van der Waals surface area contributed by atoms with Crippen LogP contribution in [0.1, 0.15) is 62.4 Å². The Kier molecular flexibility index (Phi) is 6.50. The normalized spacial score (nSPS) is 15.2. The highest BCUT2D eigenvalue weighted by molar-refractivity contribution is 8.00. The fourth-order valence-electron chi connectivity index (χ4n) is 3.35. The SMILES string of the molecule is CC(C)(C)c1ccc(SNc2cnc(N3CCCCCC3)c(C(=O)O)c2)cc1. The van der Waals surface area contributed by atoms with Crippen LogP contribution in [0.25, 0.3) is 0 Å². The molecule has 1 aliphatic rings. The Morgan fingerprint density at radius 3 is 2.32 bits per heavy atom. The summed E-state index contributed by atoms with van der Waals surface area (Å²) in [4.78, 5) is 19.5. The maximum absolute atomic E-state index is 11.8. The molecule has 1 aromatic carbocycles. The summed E-state index contributed by atoms with van der Waals surface area (Å²) in [5, 5.41) is 9.68. The predicted molar refractivity (Wildman–Crippen MR) is 116 cm³/mol. The first kappa shape index (κ1) is 20.5. The van der Waals surface area contributed by atoms with Gasteiger partial charge in [0, 0.05) is 18.0 Å². The molecule has 0 aliphatic carbocycles. The summed E-state index contributed by atoms with van der Waals surface area (Å²) in [6, 6.07) is 10.1. The second kappa shape index (κ2) is 8.86. The van der Waals surface area contributed by atoms with Gasteiger partial charge in [-0.2, -0.15) is 0 Å². The van der Waals surface area contributed by atoms with E-state index in [2.05, 4.69) is 59.6 Å². The number of nitrogens with zero attached hydrogens (tertiary/aromatic N) is 2. The van der Waals surface area contributed by atoms with Gasteiger partial charge in [-0.05, 0) is 54.0 Å². The number of carbonyl (C=O) groups is 1. The van der Waals surface area contributed by atoms with Gasteiger partial charge in [0.25, 0.3) is 0 Å². The first-order valence-electron chi connectivity index (χ1n) is 9.86. The number of hydrogen-bond acceptors (Lipinski definition) is 5. The minimum Gasteiger partial charge on any atom is -0.478 e. The van der Waals surface area contributed by atoms with Crippen molar-refractivity contribution in [2.24, 2.45) is 0 Å². The molecular weight excluding hydrogens is 370 g/mol. The molecule has 1 aromatic heterocycles. The lowest BCUT2D eigenvalue weighted by Gasteiger charge is -2.23. The van der Waals surface area contributed by atoms with Gasteiger partial charge >= 0.3 is 5.97 Å². The summed E-state index contributed by atoms with van der Waals surface area (Å²) in [5.74, 6) is -0.352. The molecule has 0 spiro atoms. The fourth-order valence-corrected chi connectivity index (χ4v) is 3.97. The lowest BCUT2D eigenvalue weighted by atomic mass is 9.87. The van der Waals surface area contributed by atoms with Crippen LogP contribution in [-0.2, 0) is 5.41 Å². The van der Waals surface area contributed by atoms with Crippen molar-refractivity contribution in [3.05, 3.63) is 47.7 Å². The van der Waals surface area contributed by atoms with Gasteiger partial charge in [0.2, 0.25) is 0 Å². The van der Waals surface area contributed by atoms with Crippen LogP contribution >= 0.6 is 11.9 Å². The van der Waals surface area contributed by atoms with Crippen molar-refractivity contribution in [1.82, 2.24) is 4.98 Å². The second-order valence-electron chi connectivity index (χ2n) is 8.28.